The third kappa shape index (κ3) is 8.26. The standard InChI is InChI=1S/C43H57NO4S/c1-3-28-9-13-30(14-10-28)32-17-21-34(22-18-32)42(45)47-36-25-26-39(37(27-36)41-44-38-7-5-6-8-40(38)49-41)48-43(46)35-23-19-33(20-24-35)31-15-11-29(4-2)12-16-31/h5-8,25-35H,3-4,9-24H2,1-2H3/t28-,29?,30+,31?,32?,33?,34?,35?. The zero-order chi connectivity index (χ0) is 33.7. The number of benzene rings is 2. The Morgan fingerprint density at radius 1 is 0.633 bits per heavy atom. The summed E-state index contributed by atoms with van der Waals surface area (Å²) in [4.78, 5) is 31.9. The Balaban J connectivity index is 0.994. The minimum absolute atomic E-state index is 0.0524. The van der Waals surface area contributed by atoms with Crippen LogP contribution in [-0.2, 0) is 9.59 Å². The summed E-state index contributed by atoms with van der Waals surface area (Å²) in [5, 5.41) is 0.770. The predicted molar refractivity (Wildman–Crippen MR) is 199 cm³/mol. The highest BCUT2D eigenvalue weighted by Gasteiger charge is 2.35. The maximum Gasteiger partial charge on any atom is 0.314 e. The fourth-order valence-corrected chi connectivity index (χ4v) is 11.0. The fraction of sp³-hybridized carbons (Fsp3) is 0.651. The molecule has 4 aliphatic rings. The van der Waals surface area contributed by atoms with Gasteiger partial charge in [-0.2, -0.15) is 0 Å². The molecule has 0 saturated heterocycles. The lowest BCUT2D eigenvalue weighted by atomic mass is 9.69. The summed E-state index contributed by atoms with van der Waals surface area (Å²) >= 11 is 1.57. The van der Waals surface area contributed by atoms with Crippen molar-refractivity contribution in [3.05, 3.63) is 42.5 Å². The molecule has 5 nitrogen and oxygen atoms in total. The summed E-state index contributed by atoms with van der Waals surface area (Å²) in [7, 11) is 0. The third-order valence-electron chi connectivity index (χ3n) is 13.4. The number of para-hydroxylation sites is 1. The number of esters is 2. The number of carbonyl (C=O) groups excluding carboxylic acids is 2. The quantitative estimate of drug-likeness (QED) is 0.166. The summed E-state index contributed by atoms with van der Waals surface area (Å²) in [5.41, 5.74) is 1.63. The van der Waals surface area contributed by atoms with Gasteiger partial charge in [-0.3, -0.25) is 9.59 Å². The topological polar surface area (TPSA) is 65.5 Å². The van der Waals surface area contributed by atoms with Crippen LogP contribution in [0.5, 0.6) is 11.5 Å². The summed E-state index contributed by atoms with van der Waals surface area (Å²) < 4.78 is 13.3. The molecule has 0 aliphatic heterocycles. The number of ether oxygens (including phenoxy) is 2. The lowest BCUT2D eigenvalue weighted by Crippen LogP contribution is -2.30. The first kappa shape index (κ1) is 34.7. The number of thiazole rings is 1. The number of rotatable bonds is 9. The maximum absolute atomic E-state index is 13.6. The third-order valence-corrected chi connectivity index (χ3v) is 14.5. The van der Waals surface area contributed by atoms with Gasteiger partial charge in [-0.05, 0) is 143 Å². The van der Waals surface area contributed by atoms with E-state index in [1.54, 1.807) is 17.4 Å². The molecule has 0 unspecified atom stereocenters. The van der Waals surface area contributed by atoms with Crippen molar-refractivity contribution in [2.75, 3.05) is 0 Å². The first-order valence-corrected chi connectivity index (χ1v) is 20.7. The first-order valence-electron chi connectivity index (χ1n) is 19.9. The van der Waals surface area contributed by atoms with Crippen LogP contribution in [0, 0.1) is 47.3 Å². The van der Waals surface area contributed by atoms with Crippen LogP contribution in [0.15, 0.2) is 42.5 Å². The monoisotopic (exact) mass is 683 g/mol. The van der Waals surface area contributed by atoms with Gasteiger partial charge in [0, 0.05) is 0 Å². The minimum Gasteiger partial charge on any atom is -0.426 e. The van der Waals surface area contributed by atoms with Crippen LogP contribution >= 0.6 is 11.3 Å². The summed E-state index contributed by atoms with van der Waals surface area (Å²) in [5.74, 6) is 5.64. The van der Waals surface area contributed by atoms with Gasteiger partial charge in [0.1, 0.15) is 16.5 Å². The second-order valence-corrected chi connectivity index (χ2v) is 17.1. The summed E-state index contributed by atoms with van der Waals surface area (Å²) in [6, 6.07) is 13.5. The first-order chi connectivity index (χ1) is 24.0. The van der Waals surface area contributed by atoms with E-state index in [1.165, 1.54) is 64.2 Å². The number of hydrogen-bond donors (Lipinski definition) is 0. The van der Waals surface area contributed by atoms with Crippen molar-refractivity contribution in [1.82, 2.24) is 4.98 Å². The minimum atomic E-state index is -0.139. The maximum atomic E-state index is 13.6. The largest absolute Gasteiger partial charge is 0.426 e. The zero-order valence-electron chi connectivity index (χ0n) is 29.9. The van der Waals surface area contributed by atoms with Crippen LogP contribution in [0.25, 0.3) is 20.8 Å². The molecule has 2 aromatic carbocycles. The average molecular weight is 684 g/mol. The molecule has 4 saturated carbocycles. The van der Waals surface area contributed by atoms with Gasteiger partial charge < -0.3 is 9.47 Å². The van der Waals surface area contributed by atoms with Gasteiger partial charge in [-0.15, -0.1) is 11.3 Å². The molecule has 0 amide bonds. The molecule has 6 heteroatoms. The van der Waals surface area contributed by atoms with Crippen molar-refractivity contribution in [2.45, 2.75) is 129 Å². The fourth-order valence-electron chi connectivity index (χ4n) is 10.00. The van der Waals surface area contributed by atoms with Crippen molar-refractivity contribution >= 4 is 33.5 Å². The second kappa shape index (κ2) is 16.1. The highest BCUT2D eigenvalue weighted by atomic mass is 32.1. The van der Waals surface area contributed by atoms with Crippen molar-refractivity contribution in [2.24, 2.45) is 47.3 Å². The number of nitrogens with zero attached hydrogens (tertiary/aromatic N) is 1. The smallest absolute Gasteiger partial charge is 0.314 e. The van der Waals surface area contributed by atoms with Crippen LogP contribution < -0.4 is 9.47 Å². The molecule has 264 valence electrons. The molecule has 0 atom stereocenters. The van der Waals surface area contributed by atoms with E-state index in [-0.39, 0.29) is 23.8 Å². The van der Waals surface area contributed by atoms with E-state index >= 15 is 0 Å². The van der Waals surface area contributed by atoms with Gasteiger partial charge >= 0.3 is 11.9 Å². The van der Waals surface area contributed by atoms with E-state index in [0.717, 1.165) is 102 Å². The molecule has 0 radical (unpaired) electrons. The highest BCUT2D eigenvalue weighted by Crippen LogP contribution is 2.45. The van der Waals surface area contributed by atoms with Gasteiger partial charge in [0.05, 0.1) is 27.6 Å². The lowest BCUT2D eigenvalue weighted by molar-refractivity contribution is -0.141. The molecule has 4 fully saturated rings. The summed E-state index contributed by atoms with van der Waals surface area (Å²) in [6.45, 7) is 4.66. The van der Waals surface area contributed by atoms with Crippen molar-refractivity contribution in [3.63, 3.8) is 0 Å². The van der Waals surface area contributed by atoms with Gasteiger partial charge in [0.2, 0.25) is 0 Å². The van der Waals surface area contributed by atoms with E-state index in [4.69, 9.17) is 14.5 Å². The molecule has 49 heavy (non-hydrogen) atoms. The van der Waals surface area contributed by atoms with E-state index in [9.17, 15) is 9.59 Å². The Hall–Kier alpha value is -2.73. The second-order valence-electron chi connectivity index (χ2n) is 16.1. The summed E-state index contributed by atoms with van der Waals surface area (Å²) in [6.07, 6.45) is 21.8. The Bertz CT molecular complexity index is 1520. The molecule has 3 aromatic rings. The van der Waals surface area contributed by atoms with Crippen LogP contribution in [0.3, 0.4) is 0 Å². The molecule has 0 bridgehead atoms. The lowest BCUT2D eigenvalue weighted by Gasteiger charge is -2.37. The van der Waals surface area contributed by atoms with Crippen LogP contribution in [-0.4, -0.2) is 16.9 Å². The highest BCUT2D eigenvalue weighted by molar-refractivity contribution is 7.21. The van der Waals surface area contributed by atoms with Gasteiger partial charge in [-0.25, -0.2) is 4.98 Å². The Morgan fingerprint density at radius 3 is 1.63 bits per heavy atom. The van der Waals surface area contributed by atoms with E-state index in [2.05, 4.69) is 19.9 Å². The van der Waals surface area contributed by atoms with Crippen LogP contribution in [0.1, 0.15) is 129 Å². The van der Waals surface area contributed by atoms with Gasteiger partial charge in [-0.1, -0.05) is 64.5 Å². The molecular weight excluding hydrogens is 627 g/mol. The van der Waals surface area contributed by atoms with Gasteiger partial charge in [0.25, 0.3) is 0 Å². The molecule has 0 N–H and O–H groups in total. The van der Waals surface area contributed by atoms with Crippen molar-refractivity contribution in [3.8, 4) is 22.1 Å². The van der Waals surface area contributed by atoms with E-state index in [1.807, 2.05) is 30.3 Å². The zero-order valence-corrected chi connectivity index (χ0v) is 30.7. The van der Waals surface area contributed by atoms with Crippen LogP contribution in [0.4, 0.5) is 0 Å². The average Bonchev–Trinajstić information content (AvgIpc) is 3.60. The predicted octanol–water partition coefficient (Wildman–Crippen LogP) is 11.8. The molecule has 7 rings (SSSR count). The van der Waals surface area contributed by atoms with Crippen molar-refractivity contribution in [1.29, 1.82) is 0 Å². The van der Waals surface area contributed by atoms with Crippen LogP contribution in [0.2, 0.25) is 0 Å². The Morgan fingerprint density at radius 2 is 1.12 bits per heavy atom. The SMILES string of the molecule is CCC1CCC(C2CCC(C(=O)Oc3ccc(OC(=O)C4CCC([C@H]5CC[C@@H](CC)CC5)CC4)cc3-c3nc4ccccc4s3)CC2)CC1. The van der Waals surface area contributed by atoms with Gasteiger partial charge in [0.15, 0.2) is 0 Å². The number of aromatic nitrogens is 1. The molecule has 4 aliphatic carbocycles. The Kier molecular flexibility index (Phi) is 11.4. The van der Waals surface area contributed by atoms with Crippen molar-refractivity contribution < 1.29 is 19.1 Å². The molecule has 1 aromatic heterocycles. The molecule has 0 spiro atoms. The van der Waals surface area contributed by atoms with E-state index in [0.29, 0.717) is 17.1 Å². The normalized spacial score (nSPS) is 30.9. The number of carbonyl (C=O) groups is 2. The van der Waals surface area contributed by atoms with E-state index < -0.39 is 0 Å². The molecule has 1 heterocycles. The number of hydrogen-bond acceptors (Lipinski definition) is 6. The Labute approximate surface area is 298 Å². The molecular formula is C43H57NO4S. The number of fused-ring (bicyclic) bond motifs is 1.